The molecule has 1 saturated heterocycles. The predicted molar refractivity (Wildman–Crippen MR) is 74.5 cm³/mol. The van der Waals surface area contributed by atoms with Crippen LogP contribution in [0.2, 0.25) is 0 Å². The van der Waals surface area contributed by atoms with Gasteiger partial charge in [0.05, 0.1) is 11.2 Å². The smallest absolute Gasteiger partial charge is 0.399 e. The molecule has 1 aliphatic rings. The predicted octanol–water partition coefficient (Wildman–Crippen LogP) is 2.36. The minimum Gasteiger partial charge on any atom is -0.399 e. The molecule has 0 amide bonds. The zero-order valence-electron chi connectivity index (χ0n) is 12.4. The molecule has 0 aromatic carbocycles. The molecule has 1 aromatic heterocycles. The average Bonchev–Trinajstić information content (AvgIpc) is 2.56. The molecule has 0 radical (unpaired) electrons. The number of rotatable bonds is 3. The molecular weight excluding hydrogens is 284 g/mol. The highest BCUT2D eigenvalue weighted by molar-refractivity contribution is 6.62. The summed E-state index contributed by atoms with van der Waals surface area (Å²) in [4.78, 5) is 3.95. The van der Waals surface area contributed by atoms with E-state index in [1.165, 1.54) is 12.3 Å². The van der Waals surface area contributed by atoms with Crippen LogP contribution in [0.25, 0.3) is 0 Å². The summed E-state index contributed by atoms with van der Waals surface area (Å²) in [5, 5.41) is 2.22. The van der Waals surface area contributed by atoms with E-state index in [4.69, 9.17) is 9.31 Å². The van der Waals surface area contributed by atoms with Crippen LogP contribution in [0, 0.1) is 0 Å². The second-order valence-electron chi connectivity index (χ2n) is 6.03. The van der Waals surface area contributed by atoms with Crippen molar-refractivity contribution in [1.29, 1.82) is 0 Å². The average molecular weight is 302 g/mol. The molecule has 0 bridgehead atoms. The van der Waals surface area contributed by atoms with Crippen LogP contribution in [0.5, 0.6) is 0 Å². The van der Waals surface area contributed by atoms with Crippen molar-refractivity contribution >= 4 is 18.4 Å². The Morgan fingerprint density at radius 2 is 1.71 bits per heavy atom. The Bertz CT molecular complexity index is 487. The molecule has 2 heterocycles. The molecule has 0 unspecified atom stereocenters. The fourth-order valence-corrected chi connectivity index (χ4v) is 1.82. The molecule has 0 aliphatic carbocycles. The van der Waals surface area contributed by atoms with Crippen molar-refractivity contribution in [3.63, 3.8) is 0 Å². The van der Waals surface area contributed by atoms with Gasteiger partial charge < -0.3 is 14.6 Å². The minimum atomic E-state index is -4.27. The molecule has 21 heavy (non-hydrogen) atoms. The first-order valence-corrected chi connectivity index (χ1v) is 6.62. The Balaban J connectivity index is 2.04. The standard InChI is InChI=1S/C13H18BF3N2O2/c1-11(2)12(3,4)21-14(20-11)9-5-6-10(18-7-9)19-8-13(15,16)17/h5-7H,8H2,1-4H3,(H,18,19). The van der Waals surface area contributed by atoms with E-state index < -0.39 is 31.0 Å². The third-order valence-electron chi connectivity index (χ3n) is 3.78. The molecule has 116 valence electrons. The fourth-order valence-electron chi connectivity index (χ4n) is 1.82. The highest BCUT2D eigenvalue weighted by atomic mass is 19.4. The summed E-state index contributed by atoms with van der Waals surface area (Å²) in [6.45, 7) is 6.61. The number of hydrogen-bond acceptors (Lipinski definition) is 4. The Morgan fingerprint density at radius 1 is 1.14 bits per heavy atom. The summed E-state index contributed by atoms with van der Waals surface area (Å²) in [5.41, 5.74) is -0.262. The first kappa shape index (κ1) is 16.1. The van der Waals surface area contributed by atoms with Gasteiger partial charge in [0.2, 0.25) is 0 Å². The van der Waals surface area contributed by atoms with Crippen LogP contribution in [0.15, 0.2) is 18.3 Å². The Labute approximate surface area is 122 Å². The molecule has 1 N–H and O–H groups in total. The number of hydrogen-bond donors (Lipinski definition) is 1. The second-order valence-corrected chi connectivity index (χ2v) is 6.03. The van der Waals surface area contributed by atoms with Gasteiger partial charge in [-0.15, -0.1) is 0 Å². The zero-order chi connectivity index (χ0) is 15.9. The van der Waals surface area contributed by atoms with Crippen molar-refractivity contribution in [2.24, 2.45) is 0 Å². The SMILES string of the molecule is CC1(C)OB(c2ccc(NCC(F)(F)F)nc2)OC1(C)C. The fraction of sp³-hybridized carbons (Fsp3) is 0.615. The van der Waals surface area contributed by atoms with Gasteiger partial charge in [-0.25, -0.2) is 4.98 Å². The summed E-state index contributed by atoms with van der Waals surface area (Å²) in [5.74, 6) is 0.160. The first-order chi connectivity index (χ1) is 9.50. The molecular formula is C13H18BF3N2O2. The second kappa shape index (κ2) is 5.17. The molecule has 0 spiro atoms. The number of aromatic nitrogens is 1. The van der Waals surface area contributed by atoms with Crippen molar-refractivity contribution in [2.45, 2.75) is 45.1 Å². The van der Waals surface area contributed by atoms with Crippen LogP contribution in [-0.2, 0) is 9.31 Å². The van der Waals surface area contributed by atoms with Crippen molar-refractivity contribution in [3.8, 4) is 0 Å². The van der Waals surface area contributed by atoms with E-state index in [1.807, 2.05) is 27.7 Å². The Morgan fingerprint density at radius 3 is 2.14 bits per heavy atom. The van der Waals surface area contributed by atoms with Gasteiger partial charge >= 0.3 is 13.3 Å². The van der Waals surface area contributed by atoms with E-state index >= 15 is 0 Å². The van der Waals surface area contributed by atoms with Gasteiger partial charge in [-0.3, -0.25) is 0 Å². The van der Waals surface area contributed by atoms with Gasteiger partial charge in [-0.05, 0) is 33.8 Å². The maximum absolute atomic E-state index is 12.1. The monoisotopic (exact) mass is 302 g/mol. The number of alkyl halides is 3. The number of halogens is 3. The molecule has 1 aliphatic heterocycles. The van der Waals surface area contributed by atoms with Crippen molar-refractivity contribution in [3.05, 3.63) is 18.3 Å². The molecule has 1 aromatic rings. The molecule has 0 saturated carbocycles. The van der Waals surface area contributed by atoms with Crippen molar-refractivity contribution in [2.75, 3.05) is 11.9 Å². The topological polar surface area (TPSA) is 43.4 Å². The number of pyridine rings is 1. The maximum Gasteiger partial charge on any atom is 0.496 e. The van der Waals surface area contributed by atoms with Gasteiger partial charge in [-0.2, -0.15) is 13.2 Å². The Kier molecular flexibility index (Phi) is 3.97. The van der Waals surface area contributed by atoms with Crippen LogP contribution in [0.4, 0.5) is 19.0 Å². The van der Waals surface area contributed by atoms with E-state index in [9.17, 15) is 13.2 Å². The van der Waals surface area contributed by atoms with E-state index in [1.54, 1.807) is 6.07 Å². The zero-order valence-corrected chi connectivity index (χ0v) is 12.4. The van der Waals surface area contributed by atoms with Gasteiger partial charge in [0.1, 0.15) is 12.4 Å². The summed E-state index contributed by atoms with van der Waals surface area (Å²) in [6.07, 6.45) is -2.81. The van der Waals surface area contributed by atoms with E-state index in [-0.39, 0.29) is 5.82 Å². The largest absolute Gasteiger partial charge is 0.496 e. The molecule has 1 fully saturated rings. The highest BCUT2D eigenvalue weighted by Gasteiger charge is 2.51. The number of nitrogens with one attached hydrogen (secondary N) is 1. The van der Waals surface area contributed by atoms with Crippen molar-refractivity contribution in [1.82, 2.24) is 4.98 Å². The van der Waals surface area contributed by atoms with Gasteiger partial charge in [-0.1, -0.05) is 6.07 Å². The summed E-state index contributed by atoms with van der Waals surface area (Å²) >= 11 is 0. The first-order valence-electron chi connectivity index (χ1n) is 6.62. The highest BCUT2D eigenvalue weighted by Crippen LogP contribution is 2.36. The molecule has 0 atom stereocenters. The van der Waals surface area contributed by atoms with Gasteiger partial charge in [0.25, 0.3) is 0 Å². The van der Waals surface area contributed by atoms with E-state index in [0.29, 0.717) is 5.46 Å². The van der Waals surface area contributed by atoms with Gasteiger partial charge in [0.15, 0.2) is 0 Å². The lowest BCUT2D eigenvalue weighted by atomic mass is 9.80. The molecule has 2 rings (SSSR count). The third-order valence-corrected chi connectivity index (χ3v) is 3.78. The Hall–Kier alpha value is -1.28. The number of nitrogens with zero attached hydrogens (tertiary/aromatic N) is 1. The number of anilines is 1. The lowest BCUT2D eigenvalue weighted by Gasteiger charge is -2.32. The van der Waals surface area contributed by atoms with Crippen molar-refractivity contribution < 1.29 is 22.5 Å². The van der Waals surface area contributed by atoms with E-state index in [0.717, 1.165) is 0 Å². The molecule has 4 nitrogen and oxygen atoms in total. The normalized spacial score (nSPS) is 20.6. The lowest BCUT2D eigenvalue weighted by Crippen LogP contribution is -2.41. The van der Waals surface area contributed by atoms with Crippen LogP contribution >= 0.6 is 0 Å². The summed E-state index contributed by atoms with van der Waals surface area (Å²) < 4.78 is 48.0. The quantitative estimate of drug-likeness (QED) is 0.871. The van der Waals surface area contributed by atoms with Gasteiger partial charge in [0, 0.05) is 11.7 Å². The third kappa shape index (κ3) is 3.68. The minimum absolute atomic E-state index is 0.160. The van der Waals surface area contributed by atoms with Crippen LogP contribution in [0.1, 0.15) is 27.7 Å². The summed E-state index contributed by atoms with van der Waals surface area (Å²) in [6, 6.07) is 3.12. The summed E-state index contributed by atoms with van der Waals surface area (Å²) in [7, 11) is -0.570. The van der Waals surface area contributed by atoms with E-state index in [2.05, 4.69) is 10.3 Å². The maximum atomic E-state index is 12.1. The molecule has 8 heteroatoms. The lowest BCUT2D eigenvalue weighted by molar-refractivity contribution is -0.115. The van der Waals surface area contributed by atoms with Crippen LogP contribution in [-0.4, -0.2) is 36.0 Å². The van der Waals surface area contributed by atoms with Crippen LogP contribution in [0.3, 0.4) is 0 Å². The van der Waals surface area contributed by atoms with Crippen LogP contribution < -0.4 is 10.8 Å².